The molecule has 0 spiro atoms. The van der Waals surface area contributed by atoms with Crippen molar-refractivity contribution in [1.82, 2.24) is 10.2 Å². The number of hydrogen-bond donors (Lipinski definition) is 2. The number of carbonyl (C=O) groups excluding carboxylic acids is 2. The van der Waals surface area contributed by atoms with Crippen molar-refractivity contribution < 1.29 is 14.7 Å². The van der Waals surface area contributed by atoms with Crippen LogP contribution in [0.5, 0.6) is 0 Å². The highest BCUT2D eigenvalue weighted by Crippen LogP contribution is 2.30. The number of thiophene rings is 1. The van der Waals surface area contributed by atoms with Gasteiger partial charge in [0, 0.05) is 13.1 Å². The van der Waals surface area contributed by atoms with Gasteiger partial charge in [-0.05, 0) is 59.3 Å². The molecule has 7 heteroatoms. The first kappa shape index (κ1) is 20.0. The molecule has 5 nitrogen and oxygen atoms in total. The highest BCUT2D eigenvalue weighted by molar-refractivity contribution is 9.11. The minimum atomic E-state index is -0.575. The first-order valence-electron chi connectivity index (χ1n) is 9.03. The zero-order valence-corrected chi connectivity index (χ0v) is 17.5. The summed E-state index contributed by atoms with van der Waals surface area (Å²) in [6.07, 6.45) is 0.999. The standard InChI is InChI=1S/C20H23BrN2O3S/c1-13(22-19(25)16-7-8-17(21)27-16)20(26)23-11-9-15(10-12-23)18(24)14-5-3-2-4-6-14/h2-8,13,15,18,24H,9-12H2,1H3,(H,22,25). The number of nitrogens with one attached hydrogen (secondary N) is 1. The van der Waals surface area contributed by atoms with Gasteiger partial charge in [-0.25, -0.2) is 0 Å². The van der Waals surface area contributed by atoms with Crippen molar-refractivity contribution in [1.29, 1.82) is 0 Å². The molecular weight excluding hydrogens is 428 g/mol. The van der Waals surface area contributed by atoms with Gasteiger partial charge in [0.05, 0.1) is 14.8 Å². The molecule has 3 rings (SSSR count). The van der Waals surface area contributed by atoms with Gasteiger partial charge in [0.2, 0.25) is 5.91 Å². The zero-order valence-electron chi connectivity index (χ0n) is 15.1. The molecule has 0 bridgehead atoms. The molecule has 1 aliphatic rings. The Morgan fingerprint density at radius 2 is 1.85 bits per heavy atom. The summed E-state index contributed by atoms with van der Waals surface area (Å²) in [7, 11) is 0. The summed E-state index contributed by atoms with van der Waals surface area (Å²) in [6.45, 7) is 2.91. The molecule has 0 saturated carbocycles. The van der Waals surface area contributed by atoms with Gasteiger partial charge in [0.15, 0.2) is 0 Å². The smallest absolute Gasteiger partial charge is 0.262 e. The Hall–Kier alpha value is -1.70. The number of carbonyl (C=O) groups is 2. The van der Waals surface area contributed by atoms with Crippen molar-refractivity contribution in [3.05, 3.63) is 56.7 Å². The second kappa shape index (κ2) is 8.99. The fourth-order valence-corrected chi connectivity index (χ4v) is 4.69. The van der Waals surface area contributed by atoms with E-state index in [1.54, 1.807) is 17.9 Å². The van der Waals surface area contributed by atoms with Crippen LogP contribution in [0, 0.1) is 5.92 Å². The minimum Gasteiger partial charge on any atom is -0.388 e. The molecule has 1 aliphatic heterocycles. The second-order valence-electron chi connectivity index (χ2n) is 6.82. The van der Waals surface area contributed by atoms with E-state index in [4.69, 9.17) is 0 Å². The van der Waals surface area contributed by atoms with Gasteiger partial charge in [0.1, 0.15) is 6.04 Å². The molecule has 1 aromatic carbocycles. The van der Waals surface area contributed by atoms with E-state index in [9.17, 15) is 14.7 Å². The van der Waals surface area contributed by atoms with Crippen LogP contribution >= 0.6 is 27.3 Å². The fraction of sp³-hybridized carbons (Fsp3) is 0.400. The molecule has 2 unspecified atom stereocenters. The third kappa shape index (κ3) is 4.97. The molecule has 27 heavy (non-hydrogen) atoms. The quantitative estimate of drug-likeness (QED) is 0.730. The van der Waals surface area contributed by atoms with Crippen LogP contribution in [0.25, 0.3) is 0 Å². The summed E-state index contributed by atoms with van der Waals surface area (Å²) in [6, 6.07) is 12.6. The van der Waals surface area contributed by atoms with E-state index in [0.717, 1.165) is 22.2 Å². The Balaban J connectivity index is 1.51. The topological polar surface area (TPSA) is 69.6 Å². The van der Waals surface area contributed by atoms with Crippen molar-refractivity contribution in [2.24, 2.45) is 5.92 Å². The molecule has 0 radical (unpaired) electrons. The Labute approximate surface area is 171 Å². The second-order valence-corrected chi connectivity index (χ2v) is 9.28. The van der Waals surface area contributed by atoms with E-state index in [1.807, 2.05) is 36.4 Å². The van der Waals surface area contributed by atoms with Crippen LogP contribution in [0.15, 0.2) is 46.3 Å². The van der Waals surface area contributed by atoms with Crippen molar-refractivity contribution in [3.63, 3.8) is 0 Å². The van der Waals surface area contributed by atoms with E-state index < -0.39 is 12.1 Å². The number of aliphatic hydroxyl groups excluding tert-OH is 1. The summed E-state index contributed by atoms with van der Waals surface area (Å²) in [5.41, 5.74) is 0.921. The number of halogens is 1. The maximum atomic E-state index is 12.7. The first-order chi connectivity index (χ1) is 13.0. The zero-order chi connectivity index (χ0) is 19.4. The van der Waals surface area contributed by atoms with Crippen LogP contribution in [-0.4, -0.2) is 41.0 Å². The normalized spacial score (nSPS) is 17.4. The van der Waals surface area contributed by atoms with E-state index in [-0.39, 0.29) is 17.7 Å². The molecule has 2 heterocycles. The number of hydrogen-bond acceptors (Lipinski definition) is 4. The number of likely N-dealkylation sites (tertiary alicyclic amines) is 1. The maximum Gasteiger partial charge on any atom is 0.262 e. The Morgan fingerprint density at radius 1 is 1.19 bits per heavy atom. The summed E-state index contributed by atoms with van der Waals surface area (Å²) in [5.74, 6) is -0.169. The number of benzene rings is 1. The molecule has 2 N–H and O–H groups in total. The molecule has 1 fully saturated rings. The number of rotatable bonds is 5. The summed E-state index contributed by atoms with van der Waals surface area (Å²) in [4.78, 5) is 27.2. The fourth-order valence-electron chi connectivity index (χ4n) is 3.40. The molecule has 0 aliphatic carbocycles. The molecule has 2 amide bonds. The predicted octanol–water partition coefficient (Wildman–Crippen LogP) is 3.60. The lowest BCUT2D eigenvalue weighted by Gasteiger charge is -2.35. The minimum absolute atomic E-state index is 0.0772. The van der Waals surface area contributed by atoms with E-state index in [1.165, 1.54) is 11.3 Å². The molecule has 1 aromatic heterocycles. The lowest BCUT2D eigenvalue weighted by Crippen LogP contribution is -2.49. The number of piperidine rings is 1. The van der Waals surface area contributed by atoms with Gasteiger partial charge in [0.25, 0.3) is 5.91 Å². The number of amides is 2. The van der Waals surface area contributed by atoms with Crippen LogP contribution < -0.4 is 5.32 Å². The predicted molar refractivity (Wildman–Crippen MR) is 110 cm³/mol. The van der Waals surface area contributed by atoms with Crippen LogP contribution in [-0.2, 0) is 4.79 Å². The van der Waals surface area contributed by atoms with Crippen LogP contribution in [0.4, 0.5) is 0 Å². The van der Waals surface area contributed by atoms with Gasteiger partial charge < -0.3 is 15.3 Å². The van der Waals surface area contributed by atoms with Crippen molar-refractivity contribution in [3.8, 4) is 0 Å². The van der Waals surface area contributed by atoms with E-state index in [0.29, 0.717) is 18.0 Å². The highest BCUT2D eigenvalue weighted by atomic mass is 79.9. The molecule has 1 saturated heterocycles. The maximum absolute atomic E-state index is 12.7. The van der Waals surface area contributed by atoms with Crippen LogP contribution in [0.1, 0.15) is 41.1 Å². The van der Waals surface area contributed by atoms with Gasteiger partial charge >= 0.3 is 0 Å². The third-order valence-electron chi connectivity index (χ3n) is 4.95. The first-order valence-corrected chi connectivity index (χ1v) is 10.6. The van der Waals surface area contributed by atoms with E-state index in [2.05, 4.69) is 21.2 Å². The SMILES string of the molecule is CC(NC(=O)c1ccc(Br)s1)C(=O)N1CCC(C(O)c2ccccc2)CC1. The Morgan fingerprint density at radius 3 is 2.44 bits per heavy atom. The molecule has 2 aromatic rings. The number of aliphatic hydroxyl groups is 1. The van der Waals surface area contributed by atoms with Gasteiger partial charge in [-0.3, -0.25) is 9.59 Å². The van der Waals surface area contributed by atoms with Crippen molar-refractivity contribution in [2.45, 2.75) is 31.9 Å². The van der Waals surface area contributed by atoms with Gasteiger partial charge in [-0.1, -0.05) is 30.3 Å². The van der Waals surface area contributed by atoms with Gasteiger partial charge in [-0.15, -0.1) is 11.3 Å². The summed E-state index contributed by atoms with van der Waals surface area (Å²) >= 11 is 4.67. The molecule has 144 valence electrons. The number of nitrogens with zero attached hydrogens (tertiary/aromatic N) is 1. The van der Waals surface area contributed by atoms with Crippen LogP contribution in [0.2, 0.25) is 0 Å². The summed E-state index contributed by atoms with van der Waals surface area (Å²) in [5, 5.41) is 13.3. The lowest BCUT2D eigenvalue weighted by molar-refractivity contribution is -0.134. The molecule has 2 atom stereocenters. The monoisotopic (exact) mass is 450 g/mol. The van der Waals surface area contributed by atoms with Crippen LogP contribution in [0.3, 0.4) is 0 Å². The van der Waals surface area contributed by atoms with E-state index >= 15 is 0 Å². The largest absolute Gasteiger partial charge is 0.388 e. The molecular formula is C20H23BrN2O3S. The highest BCUT2D eigenvalue weighted by Gasteiger charge is 2.30. The average Bonchev–Trinajstić information content (AvgIpc) is 3.14. The third-order valence-corrected chi connectivity index (χ3v) is 6.58. The summed E-state index contributed by atoms with van der Waals surface area (Å²) < 4.78 is 0.880. The Kier molecular flexibility index (Phi) is 6.68. The van der Waals surface area contributed by atoms with Crippen molar-refractivity contribution >= 4 is 39.1 Å². The van der Waals surface area contributed by atoms with Crippen molar-refractivity contribution in [2.75, 3.05) is 13.1 Å². The van der Waals surface area contributed by atoms with Gasteiger partial charge in [-0.2, -0.15) is 0 Å². The lowest BCUT2D eigenvalue weighted by atomic mass is 9.87. The average molecular weight is 451 g/mol. The Bertz CT molecular complexity index is 788.